The van der Waals surface area contributed by atoms with Crippen molar-refractivity contribution in [2.24, 2.45) is 0 Å². The van der Waals surface area contributed by atoms with Crippen LogP contribution in [0.3, 0.4) is 0 Å². The van der Waals surface area contributed by atoms with Crippen LogP contribution in [-0.4, -0.2) is 14.3 Å². The maximum Gasteiger partial charge on any atom is 0.263 e. The highest BCUT2D eigenvalue weighted by atomic mass is 35.5. The summed E-state index contributed by atoms with van der Waals surface area (Å²) in [6.07, 6.45) is 0. The van der Waals surface area contributed by atoms with Gasteiger partial charge in [0.05, 0.1) is 5.02 Å². The summed E-state index contributed by atoms with van der Waals surface area (Å²) in [5.41, 5.74) is 2.58. The molecule has 0 aromatic heterocycles. The van der Waals surface area contributed by atoms with Crippen molar-refractivity contribution >= 4 is 44.0 Å². The molecule has 0 aliphatic rings. The maximum absolute atomic E-state index is 12.9. The Morgan fingerprint density at radius 3 is 2.34 bits per heavy atom. The highest BCUT2D eigenvalue weighted by molar-refractivity contribution is 7.92. The normalized spacial score (nSPS) is 11.3. The number of aryl methyl sites for hydroxylation is 1. The molecule has 4 aromatic rings. The highest BCUT2D eigenvalue weighted by Gasteiger charge is 2.20. The molecule has 4 aromatic carbocycles. The number of carbonyl (C=O) groups is 1. The molecule has 0 spiro atoms. The predicted molar refractivity (Wildman–Crippen MR) is 129 cm³/mol. The van der Waals surface area contributed by atoms with Crippen molar-refractivity contribution in [2.75, 3.05) is 4.72 Å². The van der Waals surface area contributed by atoms with Crippen molar-refractivity contribution in [2.45, 2.75) is 18.4 Å². The predicted octanol–water partition coefficient (Wildman–Crippen LogP) is 5.53. The molecule has 5 nitrogen and oxygen atoms in total. The lowest BCUT2D eigenvalue weighted by Crippen LogP contribution is -2.23. The van der Waals surface area contributed by atoms with Crippen LogP contribution in [0.25, 0.3) is 10.8 Å². The Morgan fingerprint density at radius 1 is 0.875 bits per heavy atom. The van der Waals surface area contributed by atoms with E-state index in [1.807, 2.05) is 49.4 Å². The van der Waals surface area contributed by atoms with Gasteiger partial charge in [-0.3, -0.25) is 9.52 Å². The molecule has 162 valence electrons. The molecule has 0 radical (unpaired) electrons. The molecule has 7 heteroatoms. The lowest BCUT2D eigenvalue weighted by molar-refractivity contribution is 0.0950. The van der Waals surface area contributed by atoms with Crippen molar-refractivity contribution < 1.29 is 13.2 Å². The summed E-state index contributed by atoms with van der Waals surface area (Å²) < 4.78 is 28.2. The van der Waals surface area contributed by atoms with Crippen LogP contribution in [0.4, 0.5) is 5.69 Å². The Labute approximate surface area is 192 Å². The summed E-state index contributed by atoms with van der Waals surface area (Å²) in [5, 5.41) is 5.08. The van der Waals surface area contributed by atoms with Crippen molar-refractivity contribution in [3.05, 3.63) is 107 Å². The van der Waals surface area contributed by atoms with E-state index in [1.165, 1.54) is 18.2 Å². The first kappa shape index (κ1) is 21.9. The van der Waals surface area contributed by atoms with Gasteiger partial charge in [0, 0.05) is 17.8 Å². The van der Waals surface area contributed by atoms with Crippen LogP contribution in [0.5, 0.6) is 0 Å². The topological polar surface area (TPSA) is 75.3 Å². The Bertz CT molecular complexity index is 1400. The summed E-state index contributed by atoms with van der Waals surface area (Å²) in [5.74, 6) is -0.387. The van der Waals surface area contributed by atoms with Gasteiger partial charge in [0.2, 0.25) is 0 Å². The number of nitrogens with one attached hydrogen (secondary N) is 2. The van der Waals surface area contributed by atoms with E-state index in [2.05, 4.69) is 10.0 Å². The first-order chi connectivity index (χ1) is 15.3. The molecular weight excluding hydrogens is 444 g/mol. The SMILES string of the molecule is Cc1ccc(NS(=O)(=O)c2cc(C(=O)NCc3ccc4ccccc4c3)ccc2Cl)cc1. The molecule has 1 amide bonds. The second kappa shape index (κ2) is 9.02. The van der Waals surface area contributed by atoms with E-state index in [9.17, 15) is 13.2 Å². The third-order valence-electron chi connectivity index (χ3n) is 5.05. The Morgan fingerprint density at radius 2 is 1.59 bits per heavy atom. The lowest BCUT2D eigenvalue weighted by atomic mass is 10.1. The van der Waals surface area contributed by atoms with Gasteiger partial charge >= 0.3 is 0 Å². The molecule has 0 heterocycles. The van der Waals surface area contributed by atoms with Gasteiger partial charge in [-0.2, -0.15) is 0 Å². The van der Waals surface area contributed by atoms with E-state index in [0.717, 1.165) is 21.9 Å². The van der Waals surface area contributed by atoms with Crippen LogP contribution < -0.4 is 10.0 Å². The average Bonchev–Trinajstić information content (AvgIpc) is 2.79. The van der Waals surface area contributed by atoms with Gasteiger partial charge in [-0.25, -0.2) is 8.42 Å². The van der Waals surface area contributed by atoms with E-state index in [4.69, 9.17) is 11.6 Å². The van der Waals surface area contributed by atoms with Crippen LogP contribution in [0, 0.1) is 6.92 Å². The zero-order valence-electron chi connectivity index (χ0n) is 17.3. The summed E-state index contributed by atoms with van der Waals surface area (Å²) >= 11 is 6.15. The standard InChI is InChI=1S/C25H21ClN2O3S/c1-17-6-11-22(12-7-17)28-32(30,31)24-15-21(10-13-23(24)26)25(29)27-16-18-8-9-19-4-2-3-5-20(19)14-18/h2-15,28H,16H2,1H3,(H,27,29). The fraction of sp³-hybridized carbons (Fsp3) is 0.0800. The number of hydrogen-bond acceptors (Lipinski definition) is 3. The first-order valence-corrected chi connectivity index (χ1v) is 11.8. The van der Waals surface area contributed by atoms with Crippen molar-refractivity contribution in [1.82, 2.24) is 5.32 Å². The minimum absolute atomic E-state index is 0.0377. The molecule has 4 rings (SSSR count). The summed E-state index contributed by atoms with van der Waals surface area (Å²) in [6, 6.07) is 25.1. The summed E-state index contributed by atoms with van der Waals surface area (Å²) in [6.45, 7) is 2.23. The molecule has 0 aliphatic heterocycles. The number of rotatable bonds is 6. The first-order valence-electron chi connectivity index (χ1n) is 9.97. The van der Waals surface area contributed by atoms with Gasteiger partial charge in [-0.15, -0.1) is 0 Å². The third-order valence-corrected chi connectivity index (χ3v) is 6.92. The smallest absolute Gasteiger partial charge is 0.263 e. The number of anilines is 1. The van der Waals surface area contributed by atoms with E-state index in [-0.39, 0.29) is 21.4 Å². The number of amides is 1. The summed E-state index contributed by atoms with van der Waals surface area (Å²) in [4.78, 5) is 12.5. The van der Waals surface area contributed by atoms with Crippen LogP contribution in [0.1, 0.15) is 21.5 Å². The minimum Gasteiger partial charge on any atom is -0.348 e. The highest BCUT2D eigenvalue weighted by Crippen LogP contribution is 2.25. The quantitative estimate of drug-likeness (QED) is 0.393. The maximum atomic E-state index is 12.9. The average molecular weight is 465 g/mol. The number of halogens is 1. The van der Waals surface area contributed by atoms with Gasteiger partial charge < -0.3 is 5.32 Å². The second-order valence-electron chi connectivity index (χ2n) is 7.48. The number of benzene rings is 4. The van der Waals surface area contributed by atoms with Crippen LogP contribution in [0.15, 0.2) is 89.8 Å². The molecule has 0 saturated carbocycles. The van der Waals surface area contributed by atoms with Gasteiger partial charge in [0.25, 0.3) is 15.9 Å². The van der Waals surface area contributed by atoms with Gasteiger partial charge in [-0.1, -0.05) is 65.7 Å². The van der Waals surface area contributed by atoms with Crippen LogP contribution >= 0.6 is 11.6 Å². The molecular formula is C25H21ClN2O3S. The third kappa shape index (κ3) is 4.93. The van der Waals surface area contributed by atoms with E-state index >= 15 is 0 Å². The number of sulfonamides is 1. The van der Waals surface area contributed by atoms with E-state index < -0.39 is 10.0 Å². The molecule has 2 N–H and O–H groups in total. The van der Waals surface area contributed by atoms with Crippen LogP contribution in [0.2, 0.25) is 5.02 Å². The molecule has 0 unspecified atom stereocenters. The van der Waals surface area contributed by atoms with E-state index in [0.29, 0.717) is 12.2 Å². The molecule has 32 heavy (non-hydrogen) atoms. The van der Waals surface area contributed by atoms with Gasteiger partial charge in [0.15, 0.2) is 0 Å². The number of fused-ring (bicyclic) bond motifs is 1. The molecule has 0 saturated heterocycles. The zero-order chi connectivity index (χ0) is 22.7. The zero-order valence-corrected chi connectivity index (χ0v) is 18.9. The molecule has 0 bridgehead atoms. The van der Waals surface area contributed by atoms with E-state index in [1.54, 1.807) is 24.3 Å². The van der Waals surface area contributed by atoms with Crippen molar-refractivity contribution in [3.63, 3.8) is 0 Å². The Balaban J connectivity index is 1.51. The minimum atomic E-state index is -3.97. The molecule has 0 fully saturated rings. The van der Waals surface area contributed by atoms with Crippen molar-refractivity contribution in [1.29, 1.82) is 0 Å². The second-order valence-corrected chi connectivity index (χ2v) is 9.54. The Kier molecular flexibility index (Phi) is 6.17. The Hall–Kier alpha value is -3.35. The van der Waals surface area contributed by atoms with Gasteiger partial charge in [0.1, 0.15) is 4.90 Å². The fourth-order valence-electron chi connectivity index (χ4n) is 3.32. The fourth-order valence-corrected chi connectivity index (χ4v) is 4.90. The largest absolute Gasteiger partial charge is 0.348 e. The van der Waals surface area contributed by atoms with Crippen molar-refractivity contribution in [3.8, 4) is 0 Å². The molecule has 0 atom stereocenters. The lowest BCUT2D eigenvalue weighted by Gasteiger charge is -2.12. The molecule has 0 aliphatic carbocycles. The monoisotopic (exact) mass is 464 g/mol. The van der Waals surface area contributed by atoms with Gasteiger partial charge in [-0.05, 0) is 59.7 Å². The number of carbonyl (C=O) groups excluding carboxylic acids is 1. The number of hydrogen-bond donors (Lipinski definition) is 2. The van der Waals surface area contributed by atoms with Crippen LogP contribution in [-0.2, 0) is 16.6 Å². The summed E-state index contributed by atoms with van der Waals surface area (Å²) in [7, 11) is -3.97.